The molecule has 1 unspecified atom stereocenters. The molecule has 1 aromatic rings. The number of carboxylic acid groups (broad SMARTS) is 3. The molecule has 0 saturated carbocycles. The third-order valence-corrected chi connectivity index (χ3v) is 17.3. The summed E-state index contributed by atoms with van der Waals surface area (Å²) < 4.78 is 0. The number of aromatic amines is 1. The van der Waals surface area contributed by atoms with Gasteiger partial charge in [-0.1, -0.05) is 69.2 Å². The fourth-order valence-corrected chi connectivity index (χ4v) is 12.0. The maximum absolute atomic E-state index is 14.6. The molecule has 3 aliphatic rings. The van der Waals surface area contributed by atoms with Crippen molar-refractivity contribution in [3.63, 3.8) is 0 Å². The van der Waals surface area contributed by atoms with Gasteiger partial charge in [0.25, 0.3) is 0 Å². The Balaban J connectivity index is 1.44. The molecule has 18 N–H and O–H groups in total. The molecule has 0 radical (unpaired) electrons. The minimum atomic E-state index is -1.75. The lowest BCUT2D eigenvalue weighted by molar-refractivity contribution is -0.147. The van der Waals surface area contributed by atoms with E-state index < -0.39 is 205 Å². The van der Waals surface area contributed by atoms with Gasteiger partial charge in [-0.2, -0.15) is 0 Å². The second-order valence-corrected chi connectivity index (χ2v) is 28.4. The van der Waals surface area contributed by atoms with E-state index in [1.165, 1.54) is 29.2 Å². The van der Waals surface area contributed by atoms with Crippen LogP contribution < -0.4 is 69.5 Å². The van der Waals surface area contributed by atoms with Crippen LogP contribution in [0.25, 0.3) is 0 Å². The first kappa shape index (κ1) is 85.6. The third kappa shape index (κ3) is 27.8. The molecule has 37 nitrogen and oxygen atoms in total. The van der Waals surface area contributed by atoms with E-state index in [9.17, 15) is 96.8 Å². The Morgan fingerprint density at radius 3 is 1.52 bits per heavy atom. The first-order valence-electron chi connectivity index (χ1n) is 34.8. The van der Waals surface area contributed by atoms with Crippen molar-refractivity contribution >= 4 is 101 Å². The summed E-state index contributed by atoms with van der Waals surface area (Å²) >= 11 is 0. The van der Waals surface area contributed by atoms with Crippen LogP contribution in [0.3, 0.4) is 0 Å². The Kier molecular flexibility index (Phi) is 33.8. The van der Waals surface area contributed by atoms with Gasteiger partial charge < -0.3 is 99.6 Å². The molecule has 0 bridgehead atoms. The van der Waals surface area contributed by atoms with Gasteiger partial charge in [-0.25, -0.2) is 9.78 Å². The zero-order valence-electron chi connectivity index (χ0n) is 60.3. The van der Waals surface area contributed by atoms with E-state index in [-0.39, 0.29) is 100 Å². The number of nitrogens with one attached hydrogen (secondary N) is 13. The molecule has 14 amide bonds. The van der Waals surface area contributed by atoms with Crippen LogP contribution in [0.2, 0.25) is 0 Å². The van der Waals surface area contributed by atoms with Gasteiger partial charge in [0, 0.05) is 44.2 Å². The number of H-pyrrole nitrogens is 1. The van der Waals surface area contributed by atoms with Crippen LogP contribution in [-0.4, -0.2) is 240 Å². The van der Waals surface area contributed by atoms with Crippen LogP contribution in [0.5, 0.6) is 0 Å². The van der Waals surface area contributed by atoms with E-state index in [2.05, 4.69) is 73.8 Å². The van der Waals surface area contributed by atoms with E-state index in [1.807, 2.05) is 13.8 Å². The molecule has 13 atom stereocenters. The summed E-state index contributed by atoms with van der Waals surface area (Å²) in [7, 11) is 0. The fourth-order valence-electron chi connectivity index (χ4n) is 12.0. The van der Waals surface area contributed by atoms with Gasteiger partial charge in [-0.05, 0) is 94.3 Å². The number of amides is 14. The van der Waals surface area contributed by atoms with Crippen molar-refractivity contribution in [1.29, 1.82) is 0 Å². The van der Waals surface area contributed by atoms with Gasteiger partial charge >= 0.3 is 17.9 Å². The van der Waals surface area contributed by atoms with Crippen LogP contribution in [-0.2, 0) is 87.9 Å². The SMILES string of the molecule is CC(C)C[C@H](NC(=O)[C@H](CC(=O)O)NC(=O)[C@H](C)NC(=O)[C@@H](NC(=O)[C@H](CC(C)C)NC(=O)[C@H](Cc1cnc[nH]1)NC(=O)[C@@H]1CCCN1C(=O)[C@@H]1CCCN1C(=O)CNC(=O)[C@H](CC(N)C(=O)O)NC(=O)[C@H](CC(C)C)NC(=O)CNC(=O)[C@H](CC(C)C)NC(=O)[C@@H]1CCC(=O)N1)C(C)C)C(=O)O. The Bertz CT molecular complexity index is 3220. The molecule has 103 heavy (non-hydrogen) atoms. The summed E-state index contributed by atoms with van der Waals surface area (Å²) in [4.78, 5) is 236. The highest BCUT2D eigenvalue weighted by Gasteiger charge is 2.44. The molecule has 37 heteroatoms. The summed E-state index contributed by atoms with van der Waals surface area (Å²) in [6, 6.07) is -17.7. The van der Waals surface area contributed by atoms with Crippen molar-refractivity contribution in [3.05, 3.63) is 18.2 Å². The lowest BCUT2D eigenvalue weighted by Gasteiger charge is -2.32. The predicted octanol–water partition coefficient (Wildman–Crippen LogP) is -3.97. The summed E-state index contributed by atoms with van der Waals surface area (Å²) in [5.74, 6) is -17.1. The van der Waals surface area contributed by atoms with Gasteiger partial charge in [0.2, 0.25) is 82.7 Å². The lowest BCUT2D eigenvalue weighted by Crippen LogP contribution is -2.61. The molecular weight excluding hydrogens is 1350 g/mol. The monoisotopic (exact) mass is 1460 g/mol. The summed E-state index contributed by atoms with van der Waals surface area (Å²) in [6.45, 7) is 17.1. The number of likely N-dealkylation sites (tertiary alicyclic amines) is 2. The number of aromatic nitrogens is 2. The highest BCUT2D eigenvalue weighted by atomic mass is 16.4. The average molecular weight is 1460 g/mol. The molecule has 1 aromatic heterocycles. The number of carbonyl (C=O) groups excluding carboxylic acids is 14. The van der Waals surface area contributed by atoms with E-state index in [4.69, 9.17) is 5.73 Å². The van der Waals surface area contributed by atoms with Crippen LogP contribution in [0.15, 0.2) is 12.5 Å². The molecule has 4 heterocycles. The first-order valence-corrected chi connectivity index (χ1v) is 34.8. The van der Waals surface area contributed by atoms with Crippen molar-refractivity contribution in [3.8, 4) is 0 Å². The number of carboxylic acids is 3. The highest BCUT2D eigenvalue weighted by Crippen LogP contribution is 2.26. The number of imidazole rings is 1. The lowest BCUT2D eigenvalue weighted by atomic mass is 9.99. The van der Waals surface area contributed by atoms with E-state index in [0.29, 0.717) is 18.5 Å². The third-order valence-electron chi connectivity index (χ3n) is 17.3. The van der Waals surface area contributed by atoms with Crippen molar-refractivity contribution in [2.24, 2.45) is 35.3 Å². The molecule has 4 rings (SSSR count). The Hall–Kier alpha value is -9.84. The molecule has 574 valence electrons. The summed E-state index contributed by atoms with van der Waals surface area (Å²) in [6.07, 6.45) is 2.38. The quantitative estimate of drug-likeness (QED) is 0.0297. The van der Waals surface area contributed by atoms with Gasteiger partial charge in [0.05, 0.1) is 25.8 Å². The zero-order valence-corrected chi connectivity index (χ0v) is 60.3. The molecule has 0 aromatic carbocycles. The van der Waals surface area contributed by atoms with Gasteiger partial charge in [-0.15, -0.1) is 0 Å². The van der Waals surface area contributed by atoms with Crippen LogP contribution in [0, 0.1) is 29.6 Å². The molecule has 0 spiro atoms. The average Bonchev–Trinajstić information content (AvgIpc) is 1.68. The second-order valence-electron chi connectivity index (χ2n) is 28.4. The maximum atomic E-state index is 14.6. The molecular formula is C66H105N17O20. The Morgan fingerprint density at radius 1 is 0.515 bits per heavy atom. The number of hydrogen-bond donors (Lipinski definition) is 17. The standard InChI is InChI=1S/C66H105N17O20/c1-31(2)20-40(76-57(92)39-16-17-49(84)73-39)55(90)69-28-50(85)74-41(21-32(3)4)58(93)78-44(25-38(67)65(100)101)56(91)70-29-51(86)82-18-13-15-48(82)64(99)83-19-12-14-47(83)62(97)79-43(24-37-27-68-30-71-37)59(94)77-42(22-33(5)6)61(96)81-53(35(9)10)63(98)72-36(11)54(89)75-45(26-52(87)88)60(95)80-46(66(102)103)23-34(7)8/h27,30-36,38-48,53H,12-26,28-29,67H2,1-11H3,(H,68,71)(H,69,90)(H,70,91)(H,72,98)(H,73,84)(H,74,85)(H,75,89)(H,76,92)(H,77,94)(H,78,93)(H,79,97)(H,80,95)(H,81,96)(H,87,88)(H,100,101)(H,102,103)/t36-,38?,39-,40-,41-,42-,43-,44-,45-,46-,47-,48-,53-/m0/s1. The van der Waals surface area contributed by atoms with E-state index in [0.717, 1.165) is 0 Å². The summed E-state index contributed by atoms with van der Waals surface area (Å²) in [5.41, 5.74) is 6.23. The topological polar surface area (TPSA) is 556 Å². The number of nitrogens with two attached hydrogens (primary N) is 1. The minimum absolute atomic E-state index is 0.00207. The zero-order chi connectivity index (χ0) is 77.3. The number of hydrogen-bond acceptors (Lipinski definition) is 19. The smallest absolute Gasteiger partial charge is 0.326 e. The number of nitrogens with zero attached hydrogens (tertiary/aromatic N) is 3. The van der Waals surface area contributed by atoms with Crippen molar-refractivity contribution in [1.82, 2.24) is 83.6 Å². The Labute approximate surface area is 596 Å². The molecule has 3 saturated heterocycles. The first-order chi connectivity index (χ1) is 48.3. The van der Waals surface area contributed by atoms with E-state index >= 15 is 0 Å². The number of carbonyl (C=O) groups is 17. The van der Waals surface area contributed by atoms with E-state index in [1.54, 1.807) is 55.4 Å². The molecule has 0 aliphatic carbocycles. The predicted molar refractivity (Wildman–Crippen MR) is 365 cm³/mol. The van der Waals surface area contributed by atoms with Gasteiger partial charge in [0.15, 0.2) is 0 Å². The van der Waals surface area contributed by atoms with Gasteiger partial charge in [0.1, 0.15) is 78.5 Å². The van der Waals surface area contributed by atoms with Crippen LogP contribution in [0.4, 0.5) is 0 Å². The molecule has 3 fully saturated rings. The van der Waals surface area contributed by atoms with Crippen LogP contribution >= 0.6 is 0 Å². The number of aliphatic carboxylic acids is 3. The minimum Gasteiger partial charge on any atom is -0.481 e. The maximum Gasteiger partial charge on any atom is 0.326 e. The normalized spacial score (nSPS) is 18.7. The Morgan fingerprint density at radius 2 is 1.00 bits per heavy atom. The summed E-state index contributed by atoms with van der Waals surface area (Å²) in [5, 5.41) is 58.9. The number of rotatable bonds is 41. The van der Waals surface area contributed by atoms with Gasteiger partial charge in [-0.3, -0.25) is 76.7 Å². The fraction of sp³-hybridized carbons (Fsp3) is 0.697. The second kappa shape index (κ2) is 40.7. The van der Waals surface area contributed by atoms with Crippen molar-refractivity contribution in [2.75, 3.05) is 26.2 Å². The highest BCUT2D eigenvalue weighted by molar-refractivity contribution is 6.00. The molecule has 3 aliphatic heterocycles. The van der Waals surface area contributed by atoms with Crippen LogP contribution in [0.1, 0.15) is 159 Å². The largest absolute Gasteiger partial charge is 0.481 e. The van der Waals surface area contributed by atoms with Crippen molar-refractivity contribution < 1.29 is 96.8 Å². The van der Waals surface area contributed by atoms with Crippen molar-refractivity contribution in [2.45, 2.75) is 238 Å².